The van der Waals surface area contributed by atoms with Crippen molar-refractivity contribution < 1.29 is 0 Å². The van der Waals surface area contributed by atoms with Crippen molar-refractivity contribution in [1.82, 2.24) is 0 Å². The molecule has 0 spiro atoms. The van der Waals surface area contributed by atoms with Crippen LogP contribution in [0.15, 0.2) is 64.8 Å². The fourth-order valence-corrected chi connectivity index (χ4v) is 4.34. The standard InChI is InChI=1S/C24H30/c1-6-11-22-18(4)17(3)19(5)23(22)24(20-13-8-9-14-20)21-15-10-7-12-16(21)2/h7,10-12,15,18H,3,6,8-9,13-14H2,1-2,4-5H3/b22-11+. The number of rotatable bonds is 3. The van der Waals surface area contributed by atoms with Crippen molar-refractivity contribution in [2.24, 2.45) is 5.92 Å². The Kier molecular flexibility index (Phi) is 4.94. The molecule has 1 unspecified atom stereocenters. The van der Waals surface area contributed by atoms with Crippen molar-refractivity contribution in [3.8, 4) is 0 Å². The van der Waals surface area contributed by atoms with Crippen LogP contribution in [-0.4, -0.2) is 0 Å². The second kappa shape index (κ2) is 6.97. The Labute approximate surface area is 147 Å². The smallest absolute Gasteiger partial charge is 0.00610 e. The third-order valence-electron chi connectivity index (χ3n) is 5.78. The van der Waals surface area contributed by atoms with E-state index in [0.29, 0.717) is 5.92 Å². The average molecular weight is 319 g/mol. The molecule has 0 heteroatoms. The molecule has 0 radical (unpaired) electrons. The van der Waals surface area contributed by atoms with Crippen LogP contribution in [0.3, 0.4) is 0 Å². The van der Waals surface area contributed by atoms with Crippen molar-refractivity contribution in [3.05, 3.63) is 75.9 Å². The van der Waals surface area contributed by atoms with Crippen molar-refractivity contribution >= 4 is 5.57 Å². The summed E-state index contributed by atoms with van der Waals surface area (Å²) in [6.45, 7) is 13.5. The first-order valence-electron chi connectivity index (χ1n) is 9.45. The van der Waals surface area contributed by atoms with Crippen LogP contribution in [0.1, 0.15) is 64.0 Å². The monoisotopic (exact) mass is 318 g/mol. The molecule has 0 saturated heterocycles. The van der Waals surface area contributed by atoms with E-state index in [1.807, 2.05) is 0 Å². The lowest BCUT2D eigenvalue weighted by Gasteiger charge is -2.20. The molecule has 2 aliphatic rings. The number of hydrogen-bond donors (Lipinski definition) is 0. The highest BCUT2D eigenvalue weighted by atomic mass is 14.4. The van der Waals surface area contributed by atoms with Gasteiger partial charge in [-0.1, -0.05) is 56.3 Å². The van der Waals surface area contributed by atoms with E-state index in [4.69, 9.17) is 0 Å². The van der Waals surface area contributed by atoms with Gasteiger partial charge in [0.05, 0.1) is 0 Å². The van der Waals surface area contributed by atoms with Crippen LogP contribution in [0.25, 0.3) is 5.57 Å². The Bertz CT molecular complexity index is 744. The van der Waals surface area contributed by atoms with Gasteiger partial charge in [-0.05, 0) is 84.9 Å². The van der Waals surface area contributed by atoms with Gasteiger partial charge >= 0.3 is 0 Å². The van der Waals surface area contributed by atoms with E-state index in [-0.39, 0.29) is 0 Å². The number of hydrogen-bond acceptors (Lipinski definition) is 0. The highest BCUT2D eigenvalue weighted by Gasteiger charge is 2.31. The summed E-state index contributed by atoms with van der Waals surface area (Å²) in [6.07, 6.45) is 8.68. The summed E-state index contributed by atoms with van der Waals surface area (Å²) in [4.78, 5) is 0. The molecule has 1 atom stereocenters. The molecular formula is C24H30. The summed E-state index contributed by atoms with van der Waals surface area (Å²) >= 11 is 0. The van der Waals surface area contributed by atoms with E-state index in [2.05, 4.69) is 64.6 Å². The van der Waals surface area contributed by atoms with Crippen molar-refractivity contribution in [1.29, 1.82) is 0 Å². The molecule has 1 fully saturated rings. The highest BCUT2D eigenvalue weighted by Crippen LogP contribution is 2.49. The number of aryl methyl sites for hydroxylation is 1. The van der Waals surface area contributed by atoms with Gasteiger partial charge in [0.2, 0.25) is 0 Å². The van der Waals surface area contributed by atoms with Crippen molar-refractivity contribution in [3.63, 3.8) is 0 Å². The molecule has 0 amide bonds. The Morgan fingerprint density at radius 1 is 1.17 bits per heavy atom. The molecule has 1 aromatic rings. The van der Waals surface area contributed by atoms with Gasteiger partial charge in [0.15, 0.2) is 0 Å². The van der Waals surface area contributed by atoms with E-state index < -0.39 is 0 Å². The number of allylic oxidation sites excluding steroid dienone is 7. The second-order valence-corrected chi connectivity index (χ2v) is 7.32. The minimum atomic E-state index is 0.445. The SMILES string of the molecule is C=C1C(C)=C(C(=C2CCCC2)c2ccccc2C)/C(=C/CC)C1C. The normalized spacial score (nSPS) is 22.8. The first-order chi connectivity index (χ1) is 11.6. The first kappa shape index (κ1) is 17.0. The zero-order valence-electron chi connectivity index (χ0n) is 15.7. The molecule has 1 saturated carbocycles. The molecule has 1 aromatic carbocycles. The van der Waals surface area contributed by atoms with Gasteiger partial charge in [-0.3, -0.25) is 0 Å². The zero-order chi connectivity index (χ0) is 17.3. The van der Waals surface area contributed by atoms with Crippen molar-refractivity contribution in [2.45, 2.75) is 59.8 Å². The maximum absolute atomic E-state index is 4.40. The van der Waals surface area contributed by atoms with E-state index in [1.54, 1.807) is 5.57 Å². The van der Waals surface area contributed by atoms with Crippen LogP contribution in [0.4, 0.5) is 0 Å². The quantitative estimate of drug-likeness (QED) is 0.553. The lowest BCUT2D eigenvalue weighted by Crippen LogP contribution is -2.01. The Balaban J connectivity index is 2.27. The van der Waals surface area contributed by atoms with Crippen LogP contribution in [0.2, 0.25) is 0 Å². The maximum atomic E-state index is 4.40. The minimum absolute atomic E-state index is 0.445. The molecule has 0 heterocycles. The first-order valence-corrected chi connectivity index (χ1v) is 9.45. The molecule has 3 rings (SSSR count). The Hall–Kier alpha value is -1.82. The van der Waals surface area contributed by atoms with E-state index in [1.165, 1.54) is 64.7 Å². The zero-order valence-corrected chi connectivity index (χ0v) is 15.7. The summed E-state index contributed by atoms with van der Waals surface area (Å²) in [5.74, 6) is 0.445. The molecule has 2 aliphatic carbocycles. The van der Waals surface area contributed by atoms with E-state index in [9.17, 15) is 0 Å². The number of benzene rings is 1. The van der Waals surface area contributed by atoms with Crippen molar-refractivity contribution in [2.75, 3.05) is 0 Å². The molecule has 126 valence electrons. The molecular weight excluding hydrogens is 288 g/mol. The lowest BCUT2D eigenvalue weighted by atomic mass is 9.84. The van der Waals surface area contributed by atoms with Crippen LogP contribution in [-0.2, 0) is 0 Å². The summed E-state index contributed by atoms with van der Waals surface area (Å²) in [7, 11) is 0. The summed E-state index contributed by atoms with van der Waals surface area (Å²) in [6, 6.07) is 8.89. The average Bonchev–Trinajstić information content (AvgIpc) is 3.17. The van der Waals surface area contributed by atoms with Gasteiger partial charge in [-0.25, -0.2) is 0 Å². The molecule has 0 N–H and O–H groups in total. The van der Waals surface area contributed by atoms with Gasteiger partial charge in [0, 0.05) is 5.92 Å². The Morgan fingerprint density at radius 3 is 2.46 bits per heavy atom. The van der Waals surface area contributed by atoms with E-state index in [0.717, 1.165) is 6.42 Å². The molecule has 24 heavy (non-hydrogen) atoms. The van der Waals surface area contributed by atoms with Gasteiger partial charge < -0.3 is 0 Å². The third-order valence-corrected chi connectivity index (χ3v) is 5.78. The summed E-state index contributed by atoms with van der Waals surface area (Å²) < 4.78 is 0. The fraction of sp³-hybridized carbons (Fsp3) is 0.417. The molecule has 0 aromatic heterocycles. The van der Waals surface area contributed by atoms with Gasteiger partial charge in [-0.15, -0.1) is 0 Å². The topological polar surface area (TPSA) is 0 Å². The highest BCUT2D eigenvalue weighted by molar-refractivity contribution is 5.91. The van der Waals surface area contributed by atoms with Crippen LogP contribution >= 0.6 is 0 Å². The lowest BCUT2D eigenvalue weighted by molar-refractivity contribution is 0.857. The van der Waals surface area contributed by atoms with Crippen LogP contribution in [0, 0.1) is 12.8 Å². The van der Waals surface area contributed by atoms with Gasteiger partial charge in [0.1, 0.15) is 0 Å². The fourth-order valence-electron chi connectivity index (χ4n) is 4.34. The largest absolute Gasteiger partial charge is 0.0949 e. The van der Waals surface area contributed by atoms with Crippen LogP contribution < -0.4 is 0 Å². The van der Waals surface area contributed by atoms with Crippen LogP contribution in [0.5, 0.6) is 0 Å². The van der Waals surface area contributed by atoms with E-state index >= 15 is 0 Å². The minimum Gasteiger partial charge on any atom is -0.0949 e. The molecule has 0 nitrogen and oxygen atoms in total. The van der Waals surface area contributed by atoms with Gasteiger partial charge in [-0.2, -0.15) is 0 Å². The predicted molar refractivity (Wildman–Crippen MR) is 106 cm³/mol. The van der Waals surface area contributed by atoms with Gasteiger partial charge in [0.25, 0.3) is 0 Å². The molecule has 0 aliphatic heterocycles. The Morgan fingerprint density at radius 2 is 1.83 bits per heavy atom. The molecule has 0 bridgehead atoms. The maximum Gasteiger partial charge on any atom is 0.00610 e. The summed E-state index contributed by atoms with van der Waals surface area (Å²) in [5.41, 5.74) is 11.7. The third kappa shape index (κ3) is 2.83. The summed E-state index contributed by atoms with van der Waals surface area (Å²) in [5, 5.41) is 0. The predicted octanol–water partition coefficient (Wildman–Crippen LogP) is 7.18. The second-order valence-electron chi connectivity index (χ2n) is 7.32.